The molecular weight excluding hydrogens is 222 g/mol. The van der Waals surface area contributed by atoms with Crippen molar-refractivity contribution in [1.29, 1.82) is 0 Å². The lowest BCUT2D eigenvalue weighted by molar-refractivity contribution is 0.431. The molecule has 3 heteroatoms. The fraction of sp³-hybridized carbons (Fsp3) is 0.400. The van der Waals surface area contributed by atoms with Crippen LogP contribution in [0.3, 0.4) is 0 Å². The van der Waals surface area contributed by atoms with Crippen molar-refractivity contribution in [3.05, 3.63) is 36.7 Å². The predicted molar refractivity (Wildman–Crippen MR) is 76.2 cm³/mol. The molecule has 0 bridgehead atoms. The summed E-state index contributed by atoms with van der Waals surface area (Å²) in [7, 11) is 0. The Morgan fingerprint density at radius 1 is 1.17 bits per heavy atom. The zero-order valence-corrected chi connectivity index (χ0v) is 11.3. The minimum absolute atomic E-state index is 0.458. The molecule has 2 rings (SSSR count). The third-order valence-electron chi connectivity index (χ3n) is 3.12. The highest BCUT2D eigenvalue weighted by atomic mass is 15.1. The first kappa shape index (κ1) is 12.7. The van der Waals surface area contributed by atoms with E-state index in [1.54, 1.807) is 0 Å². The van der Waals surface area contributed by atoms with E-state index in [9.17, 15) is 0 Å². The SMILES string of the molecule is CC(C)CC(C)n1ccnc1-c1ccc(N)cc1. The highest BCUT2D eigenvalue weighted by Crippen LogP contribution is 2.25. The summed E-state index contributed by atoms with van der Waals surface area (Å²) in [5.41, 5.74) is 7.62. The molecule has 0 aliphatic rings. The van der Waals surface area contributed by atoms with E-state index in [0.717, 1.165) is 23.5 Å². The van der Waals surface area contributed by atoms with Gasteiger partial charge in [0.1, 0.15) is 5.82 Å². The van der Waals surface area contributed by atoms with Crippen molar-refractivity contribution in [3.63, 3.8) is 0 Å². The highest BCUT2D eigenvalue weighted by Gasteiger charge is 2.12. The monoisotopic (exact) mass is 243 g/mol. The number of anilines is 1. The second kappa shape index (κ2) is 5.25. The first-order chi connectivity index (χ1) is 8.58. The number of nitrogens with zero attached hydrogens (tertiary/aromatic N) is 2. The van der Waals surface area contributed by atoms with Gasteiger partial charge in [-0.15, -0.1) is 0 Å². The molecule has 0 fully saturated rings. The van der Waals surface area contributed by atoms with Gasteiger partial charge in [-0.2, -0.15) is 0 Å². The van der Waals surface area contributed by atoms with Gasteiger partial charge in [0.25, 0.3) is 0 Å². The smallest absolute Gasteiger partial charge is 0.140 e. The minimum Gasteiger partial charge on any atom is -0.399 e. The Labute approximate surface area is 109 Å². The fourth-order valence-corrected chi connectivity index (χ4v) is 2.32. The highest BCUT2D eigenvalue weighted by molar-refractivity contribution is 5.59. The Hall–Kier alpha value is -1.77. The van der Waals surface area contributed by atoms with Gasteiger partial charge in [-0.3, -0.25) is 0 Å². The first-order valence-electron chi connectivity index (χ1n) is 6.46. The minimum atomic E-state index is 0.458. The van der Waals surface area contributed by atoms with Crippen LogP contribution in [0, 0.1) is 5.92 Å². The summed E-state index contributed by atoms with van der Waals surface area (Å²) in [4.78, 5) is 4.47. The molecule has 0 saturated carbocycles. The van der Waals surface area contributed by atoms with Crippen molar-refractivity contribution >= 4 is 5.69 Å². The van der Waals surface area contributed by atoms with Crippen LogP contribution in [0.15, 0.2) is 36.7 Å². The van der Waals surface area contributed by atoms with E-state index < -0.39 is 0 Å². The fourth-order valence-electron chi connectivity index (χ4n) is 2.32. The van der Waals surface area contributed by atoms with Gasteiger partial charge in [-0.05, 0) is 43.5 Å². The van der Waals surface area contributed by atoms with Gasteiger partial charge in [-0.1, -0.05) is 13.8 Å². The summed E-state index contributed by atoms with van der Waals surface area (Å²) < 4.78 is 2.24. The van der Waals surface area contributed by atoms with Crippen molar-refractivity contribution < 1.29 is 0 Å². The number of hydrogen-bond acceptors (Lipinski definition) is 2. The van der Waals surface area contributed by atoms with Crippen LogP contribution in [-0.2, 0) is 0 Å². The Kier molecular flexibility index (Phi) is 3.70. The summed E-state index contributed by atoms with van der Waals surface area (Å²) in [6, 6.07) is 8.34. The lowest BCUT2D eigenvalue weighted by Crippen LogP contribution is -2.08. The maximum absolute atomic E-state index is 5.72. The molecule has 2 aromatic rings. The average molecular weight is 243 g/mol. The number of imidazole rings is 1. The van der Waals surface area contributed by atoms with Crippen molar-refractivity contribution in [1.82, 2.24) is 9.55 Å². The molecule has 1 unspecified atom stereocenters. The third kappa shape index (κ3) is 2.73. The number of aromatic nitrogens is 2. The molecule has 2 N–H and O–H groups in total. The molecule has 0 radical (unpaired) electrons. The van der Waals surface area contributed by atoms with Gasteiger partial charge >= 0.3 is 0 Å². The summed E-state index contributed by atoms with van der Waals surface area (Å²) in [5, 5.41) is 0. The van der Waals surface area contributed by atoms with Gasteiger partial charge in [0.05, 0.1) is 0 Å². The molecule has 18 heavy (non-hydrogen) atoms. The van der Waals surface area contributed by atoms with Crippen LogP contribution in [0.4, 0.5) is 5.69 Å². The molecular formula is C15H21N3. The molecule has 0 saturated heterocycles. The number of nitrogen functional groups attached to an aromatic ring is 1. The first-order valence-corrected chi connectivity index (χ1v) is 6.46. The Morgan fingerprint density at radius 2 is 1.83 bits per heavy atom. The zero-order chi connectivity index (χ0) is 13.1. The number of rotatable bonds is 4. The lowest BCUT2D eigenvalue weighted by Gasteiger charge is -2.18. The van der Waals surface area contributed by atoms with E-state index in [1.807, 2.05) is 30.5 Å². The quantitative estimate of drug-likeness (QED) is 0.831. The van der Waals surface area contributed by atoms with Crippen LogP contribution in [0.25, 0.3) is 11.4 Å². The standard InChI is InChI=1S/C15H21N3/c1-11(2)10-12(3)18-9-8-17-15(18)13-4-6-14(16)7-5-13/h4-9,11-12H,10,16H2,1-3H3. The molecule has 0 spiro atoms. The summed E-state index contributed by atoms with van der Waals surface area (Å²) in [5.74, 6) is 1.70. The summed E-state index contributed by atoms with van der Waals surface area (Å²) >= 11 is 0. The Balaban J connectivity index is 2.29. The van der Waals surface area contributed by atoms with Crippen LogP contribution < -0.4 is 5.73 Å². The van der Waals surface area contributed by atoms with Crippen molar-refractivity contribution in [2.75, 3.05) is 5.73 Å². The Bertz CT molecular complexity index is 497. The van der Waals surface area contributed by atoms with Crippen molar-refractivity contribution in [2.24, 2.45) is 5.92 Å². The van der Waals surface area contributed by atoms with Crippen LogP contribution in [0.2, 0.25) is 0 Å². The molecule has 1 aromatic carbocycles. The topological polar surface area (TPSA) is 43.8 Å². The van der Waals surface area contributed by atoms with Gasteiger partial charge < -0.3 is 10.3 Å². The molecule has 1 aromatic heterocycles. The molecule has 3 nitrogen and oxygen atoms in total. The van der Waals surface area contributed by atoms with E-state index in [1.165, 1.54) is 0 Å². The van der Waals surface area contributed by atoms with Crippen molar-refractivity contribution in [3.8, 4) is 11.4 Å². The number of nitrogens with two attached hydrogens (primary N) is 1. The van der Waals surface area contributed by atoms with Crippen molar-refractivity contribution in [2.45, 2.75) is 33.2 Å². The van der Waals surface area contributed by atoms with Gasteiger partial charge in [0.15, 0.2) is 0 Å². The maximum atomic E-state index is 5.72. The number of hydrogen-bond donors (Lipinski definition) is 1. The average Bonchev–Trinajstić information content (AvgIpc) is 2.78. The largest absolute Gasteiger partial charge is 0.399 e. The second-order valence-corrected chi connectivity index (χ2v) is 5.26. The molecule has 96 valence electrons. The Morgan fingerprint density at radius 3 is 2.44 bits per heavy atom. The van der Waals surface area contributed by atoms with E-state index in [-0.39, 0.29) is 0 Å². The van der Waals surface area contributed by atoms with Gasteiger partial charge in [-0.25, -0.2) is 4.98 Å². The molecule has 0 aliphatic heterocycles. The molecule has 0 aliphatic carbocycles. The van der Waals surface area contributed by atoms with Crippen LogP contribution in [-0.4, -0.2) is 9.55 Å². The van der Waals surface area contributed by atoms with Gasteiger partial charge in [0, 0.05) is 29.7 Å². The van der Waals surface area contributed by atoms with E-state index in [2.05, 4.69) is 36.5 Å². The summed E-state index contributed by atoms with van der Waals surface area (Å²) in [6.07, 6.45) is 5.07. The van der Waals surface area contributed by atoms with Crippen LogP contribution >= 0.6 is 0 Å². The number of benzene rings is 1. The molecule has 1 atom stereocenters. The van der Waals surface area contributed by atoms with E-state index >= 15 is 0 Å². The zero-order valence-electron chi connectivity index (χ0n) is 11.3. The lowest BCUT2D eigenvalue weighted by atomic mass is 10.0. The van der Waals surface area contributed by atoms with Gasteiger partial charge in [0.2, 0.25) is 0 Å². The molecule has 0 amide bonds. The third-order valence-corrected chi connectivity index (χ3v) is 3.12. The molecule has 1 heterocycles. The summed E-state index contributed by atoms with van der Waals surface area (Å²) in [6.45, 7) is 6.73. The second-order valence-electron chi connectivity index (χ2n) is 5.26. The van der Waals surface area contributed by atoms with E-state index in [0.29, 0.717) is 12.0 Å². The normalized spacial score (nSPS) is 12.9. The maximum Gasteiger partial charge on any atom is 0.140 e. The van der Waals surface area contributed by atoms with Crippen LogP contribution in [0.5, 0.6) is 0 Å². The van der Waals surface area contributed by atoms with E-state index in [4.69, 9.17) is 5.73 Å². The predicted octanol–water partition coefficient (Wildman–Crippen LogP) is 3.74. The van der Waals surface area contributed by atoms with Crippen LogP contribution in [0.1, 0.15) is 33.2 Å².